The lowest BCUT2D eigenvalue weighted by molar-refractivity contribution is 0.0686. The molecule has 1 aromatic rings. The number of halogens is 2. The molecule has 0 radical (unpaired) electrons. The third-order valence-corrected chi connectivity index (χ3v) is 4.70. The molecule has 1 fully saturated rings. The minimum Gasteiger partial charge on any atom is -0.389 e. The van der Waals surface area contributed by atoms with Crippen molar-refractivity contribution in [1.82, 2.24) is 0 Å². The standard InChI is InChI=1S/C11H12BrClOS/c12-9-2-1-8(10(13)5-9)6-11(14)3-4-15-7-11/h1-2,5,14H,3-4,6-7H2. The summed E-state index contributed by atoms with van der Waals surface area (Å²) in [5.41, 5.74) is 0.479. The number of benzene rings is 1. The summed E-state index contributed by atoms with van der Waals surface area (Å²) in [4.78, 5) is 0. The molecule has 0 amide bonds. The average Bonchev–Trinajstić information content (AvgIpc) is 2.58. The van der Waals surface area contributed by atoms with E-state index in [1.807, 2.05) is 18.2 Å². The first-order valence-electron chi connectivity index (χ1n) is 4.83. The van der Waals surface area contributed by atoms with Gasteiger partial charge in [0, 0.05) is 21.7 Å². The predicted octanol–water partition coefficient (Wildman–Crippen LogP) is 3.51. The summed E-state index contributed by atoms with van der Waals surface area (Å²) in [6.07, 6.45) is 1.52. The van der Waals surface area contributed by atoms with Gasteiger partial charge in [0.2, 0.25) is 0 Å². The summed E-state index contributed by atoms with van der Waals surface area (Å²) in [6, 6.07) is 5.82. The molecule has 4 heteroatoms. The molecular formula is C11H12BrClOS. The van der Waals surface area contributed by atoms with Crippen LogP contribution in [0.1, 0.15) is 12.0 Å². The van der Waals surface area contributed by atoms with Crippen molar-refractivity contribution in [2.24, 2.45) is 0 Å². The van der Waals surface area contributed by atoms with Gasteiger partial charge in [-0.2, -0.15) is 11.8 Å². The van der Waals surface area contributed by atoms with Crippen molar-refractivity contribution in [3.63, 3.8) is 0 Å². The molecule has 1 aliphatic rings. The Morgan fingerprint density at radius 1 is 1.53 bits per heavy atom. The van der Waals surface area contributed by atoms with Gasteiger partial charge in [0.05, 0.1) is 5.60 Å². The quantitative estimate of drug-likeness (QED) is 0.902. The number of aliphatic hydroxyl groups is 1. The molecule has 2 rings (SSSR count). The molecule has 1 atom stereocenters. The zero-order chi connectivity index (χ0) is 10.9. The molecule has 1 aromatic carbocycles. The molecule has 1 aliphatic heterocycles. The SMILES string of the molecule is OC1(Cc2ccc(Br)cc2Cl)CCSC1. The van der Waals surface area contributed by atoms with Crippen molar-refractivity contribution in [3.05, 3.63) is 33.3 Å². The van der Waals surface area contributed by atoms with E-state index in [2.05, 4.69) is 15.9 Å². The van der Waals surface area contributed by atoms with E-state index >= 15 is 0 Å². The van der Waals surface area contributed by atoms with Gasteiger partial charge in [-0.05, 0) is 29.9 Å². The van der Waals surface area contributed by atoms with Gasteiger partial charge >= 0.3 is 0 Å². The fourth-order valence-electron chi connectivity index (χ4n) is 1.76. The first-order chi connectivity index (χ1) is 7.09. The van der Waals surface area contributed by atoms with E-state index < -0.39 is 5.60 Å². The molecule has 0 aromatic heterocycles. The lowest BCUT2D eigenvalue weighted by Gasteiger charge is -2.21. The minimum absolute atomic E-state index is 0.553. The van der Waals surface area contributed by atoms with E-state index in [9.17, 15) is 5.11 Å². The van der Waals surface area contributed by atoms with Crippen LogP contribution in [0.5, 0.6) is 0 Å². The topological polar surface area (TPSA) is 20.2 Å². The van der Waals surface area contributed by atoms with Crippen molar-refractivity contribution in [2.45, 2.75) is 18.4 Å². The second-order valence-electron chi connectivity index (χ2n) is 3.94. The second kappa shape index (κ2) is 4.66. The van der Waals surface area contributed by atoms with Crippen LogP contribution in [0.2, 0.25) is 5.02 Å². The third kappa shape index (κ3) is 2.90. The van der Waals surface area contributed by atoms with Gasteiger partial charge in [0.15, 0.2) is 0 Å². The monoisotopic (exact) mass is 306 g/mol. The highest BCUT2D eigenvalue weighted by Crippen LogP contribution is 2.33. The van der Waals surface area contributed by atoms with Crippen LogP contribution in [-0.4, -0.2) is 22.2 Å². The molecule has 1 heterocycles. The van der Waals surface area contributed by atoms with Crippen molar-refractivity contribution < 1.29 is 5.11 Å². The van der Waals surface area contributed by atoms with Crippen molar-refractivity contribution in [3.8, 4) is 0 Å². The molecule has 82 valence electrons. The molecule has 0 bridgehead atoms. The molecule has 0 aliphatic carbocycles. The number of hydrogen-bond acceptors (Lipinski definition) is 2. The molecule has 0 saturated carbocycles. The maximum Gasteiger partial charge on any atom is 0.0786 e. The van der Waals surface area contributed by atoms with Crippen molar-refractivity contribution in [2.75, 3.05) is 11.5 Å². The van der Waals surface area contributed by atoms with Crippen molar-refractivity contribution in [1.29, 1.82) is 0 Å². The lowest BCUT2D eigenvalue weighted by atomic mass is 9.94. The highest BCUT2D eigenvalue weighted by Gasteiger charge is 2.32. The summed E-state index contributed by atoms with van der Waals surface area (Å²) in [5, 5.41) is 11.0. The minimum atomic E-state index is -0.553. The molecule has 1 unspecified atom stereocenters. The van der Waals surface area contributed by atoms with Crippen molar-refractivity contribution >= 4 is 39.3 Å². The Balaban J connectivity index is 2.16. The van der Waals surface area contributed by atoms with Crippen LogP contribution in [0, 0.1) is 0 Å². The zero-order valence-electron chi connectivity index (χ0n) is 8.17. The number of hydrogen-bond donors (Lipinski definition) is 1. The molecule has 1 nitrogen and oxygen atoms in total. The Morgan fingerprint density at radius 3 is 2.93 bits per heavy atom. The Hall–Kier alpha value is 0.300. The fourth-order valence-corrected chi connectivity index (χ4v) is 3.79. The second-order valence-corrected chi connectivity index (χ2v) is 6.37. The van der Waals surface area contributed by atoms with E-state index in [0.29, 0.717) is 6.42 Å². The fraction of sp³-hybridized carbons (Fsp3) is 0.455. The summed E-state index contributed by atoms with van der Waals surface area (Å²) < 4.78 is 0.976. The highest BCUT2D eigenvalue weighted by molar-refractivity contribution is 9.10. The molecular weight excluding hydrogens is 296 g/mol. The first kappa shape index (κ1) is 11.8. The van der Waals surface area contributed by atoms with Crippen LogP contribution in [0.25, 0.3) is 0 Å². The molecule has 1 N–H and O–H groups in total. The van der Waals surface area contributed by atoms with E-state index in [-0.39, 0.29) is 0 Å². The van der Waals surface area contributed by atoms with E-state index in [0.717, 1.165) is 33.0 Å². The Kier molecular flexibility index (Phi) is 3.66. The summed E-state index contributed by atoms with van der Waals surface area (Å²) >= 11 is 11.3. The Bertz CT molecular complexity index is 364. The summed E-state index contributed by atoms with van der Waals surface area (Å²) in [6.45, 7) is 0. The van der Waals surface area contributed by atoms with Gasteiger partial charge in [-0.3, -0.25) is 0 Å². The summed E-state index contributed by atoms with van der Waals surface area (Å²) in [5.74, 6) is 1.87. The molecule has 15 heavy (non-hydrogen) atoms. The van der Waals surface area contributed by atoms with Gasteiger partial charge in [0.1, 0.15) is 0 Å². The Labute approximate surface area is 107 Å². The lowest BCUT2D eigenvalue weighted by Crippen LogP contribution is -2.30. The van der Waals surface area contributed by atoms with E-state index in [1.165, 1.54) is 0 Å². The highest BCUT2D eigenvalue weighted by atomic mass is 79.9. The van der Waals surface area contributed by atoms with Crippen LogP contribution >= 0.6 is 39.3 Å². The van der Waals surface area contributed by atoms with Crippen LogP contribution in [0.4, 0.5) is 0 Å². The van der Waals surface area contributed by atoms with Crippen LogP contribution in [-0.2, 0) is 6.42 Å². The van der Waals surface area contributed by atoms with Crippen LogP contribution in [0.15, 0.2) is 22.7 Å². The molecule has 0 spiro atoms. The predicted molar refractivity (Wildman–Crippen MR) is 69.7 cm³/mol. The molecule has 1 saturated heterocycles. The third-order valence-electron chi connectivity index (χ3n) is 2.62. The van der Waals surface area contributed by atoms with Gasteiger partial charge in [-0.25, -0.2) is 0 Å². The van der Waals surface area contributed by atoms with E-state index in [4.69, 9.17) is 11.6 Å². The average molecular weight is 308 g/mol. The van der Waals surface area contributed by atoms with Gasteiger partial charge in [-0.1, -0.05) is 33.6 Å². The smallest absolute Gasteiger partial charge is 0.0786 e. The van der Waals surface area contributed by atoms with Gasteiger partial charge in [-0.15, -0.1) is 0 Å². The summed E-state index contributed by atoms with van der Waals surface area (Å²) in [7, 11) is 0. The zero-order valence-corrected chi connectivity index (χ0v) is 11.3. The normalized spacial score (nSPS) is 25.8. The van der Waals surface area contributed by atoms with Crippen LogP contribution in [0.3, 0.4) is 0 Å². The maximum atomic E-state index is 10.2. The number of thioether (sulfide) groups is 1. The van der Waals surface area contributed by atoms with E-state index in [1.54, 1.807) is 11.8 Å². The Morgan fingerprint density at radius 2 is 2.33 bits per heavy atom. The number of rotatable bonds is 2. The van der Waals surface area contributed by atoms with Crippen LogP contribution < -0.4 is 0 Å². The largest absolute Gasteiger partial charge is 0.389 e. The van der Waals surface area contributed by atoms with Gasteiger partial charge < -0.3 is 5.11 Å². The maximum absolute atomic E-state index is 10.2. The van der Waals surface area contributed by atoms with Gasteiger partial charge in [0.25, 0.3) is 0 Å². The first-order valence-corrected chi connectivity index (χ1v) is 7.16.